The monoisotopic (exact) mass is 304 g/mol. The van der Waals surface area contributed by atoms with Crippen molar-refractivity contribution in [1.82, 2.24) is 10.3 Å². The number of para-hydroxylation sites is 1. The van der Waals surface area contributed by atoms with Crippen LogP contribution in [0.15, 0.2) is 42.5 Å². The van der Waals surface area contributed by atoms with E-state index < -0.39 is 11.6 Å². The van der Waals surface area contributed by atoms with E-state index in [9.17, 15) is 8.78 Å². The molecule has 1 unspecified atom stereocenters. The zero-order valence-electron chi connectivity index (χ0n) is 11.4. The standard InChI is InChI=1S/C16H14F2N2S/c1-19-14(9-10-8-11(17)6-7-12(10)18)16-20-13-4-2-3-5-15(13)21-16/h2-8,14,19H,9H2,1H3. The van der Waals surface area contributed by atoms with E-state index in [0.717, 1.165) is 27.4 Å². The molecule has 0 aliphatic carbocycles. The Morgan fingerprint density at radius 3 is 2.76 bits per heavy atom. The number of nitrogens with zero attached hydrogens (tertiary/aromatic N) is 1. The van der Waals surface area contributed by atoms with Gasteiger partial charge in [0.1, 0.15) is 16.6 Å². The van der Waals surface area contributed by atoms with E-state index in [4.69, 9.17) is 0 Å². The van der Waals surface area contributed by atoms with Gasteiger partial charge in [-0.1, -0.05) is 12.1 Å². The molecule has 0 saturated carbocycles. The van der Waals surface area contributed by atoms with E-state index in [1.54, 1.807) is 18.4 Å². The minimum absolute atomic E-state index is 0.140. The fourth-order valence-corrected chi connectivity index (χ4v) is 3.35. The Balaban J connectivity index is 1.92. The maximum atomic E-state index is 13.8. The van der Waals surface area contributed by atoms with Crippen molar-refractivity contribution in [3.8, 4) is 0 Å². The number of fused-ring (bicyclic) bond motifs is 1. The van der Waals surface area contributed by atoms with E-state index in [1.165, 1.54) is 6.07 Å². The van der Waals surface area contributed by atoms with E-state index in [0.29, 0.717) is 12.0 Å². The number of hydrogen-bond donors (Lipinski definition) is 1. The third-order valence-corrected chi connectivity index (χ3v) is 4.54. The highest BCUT2D eigenvalue weighted by Gasteiger charge is 2.17. The molecule has 2 nitrogen and oxygen atoms in total. The van der Waals surface area contributed by atoms with Gasteiger partial charge in [0.05, 0.1) is 16.3 Å². The molecule has 0 aliphatic heterocycles. The van der Waals surface area contributed by atoms with E-state index >= 15 is 0 Å². The minimum Gasteiger partial charge on any atom is -0.311 e. The summed E-state index contributed by atoms with van der Waals surface area (Å²) in [6.07, 6.45) is 0.361. The second-order valence-electron chi connectivity index (χ2n) is 4.80. The summed E-state index contributed by atoms with van der Waals surface area (Å²) in [4.78, 5) is 4.57. The summed E-state index contributed by atoms with van der Waals surface area (Å²) in [5.74, 6) is -0.816. The van der Waals surface area contributed by atoms with Crippen LogP contribution in [0, 0.1) is 11.6 Å². The summed E-state index contributed by atoms with van der Waals surface area (Å²) in [5, 5.41) is 4.01. The van der Waals surface area contributed by atoms with Crippen molar-refractivity contribution >= 4 is 21.6 Å². The Kier molecular flexibility index (Phi) is 3.94. The van der Waals surface area contributed by atoms with Crippen LogP contribution in [0.25, 0.3) is 10.2 Å². The van der Waals surface area contributed by atoms with Crippen LogP contribution in [0.4, 0.5) is 8.78 Å². The van der Waals surface area contributed by atoms with Crippen LogP contribution in [0.1, 0.15) is 16.6 Å². The Hall–Kier alpha value is -1.85. The lowest BCUT2D eigenvalue weighted by Crippen LogP contribution is -2.19. The number of hydrogen-bond acceptors (Lipinski definition) is 3. The summed E-state index contributed by atoms with van der Waals surface area (Å²) in [6, 6.07) is 11.3. The molecule has 2 aromatic carbocycles. The van der Waals surface area contributed by atoms with Crippen molar-refractivity contribution < 1.29 is 8.78 Å². The van der Waals surface area contributed by atoms with Gasteiger partial charge in [-0.05, 0) is 49.4 Å². The molecule has 0 amide bonds. The van der Waals surface area contributed by atoms with Gasteiger partial charge in [0.15, 0.2) is 0 Å². The van der Waals surface area contributed by atoms with Crippen LogP contribution >= 0.6 is 11.3 Å². The van der Waals surface area contributed by atoms with Crippen molar-refractivity contribution in [3.05, 3.63) is 64.7 Å². The average molecular weight is 304 g/mol. The van der Waals surface area contributed by atoms with Crippen LogP contribution in [0.3, 0.4) is 0 Å². The Labute approximate surface area is 125 Å². The fraction of sp³-hybridized carbons (Fsp3) is 0.188. The van der Waals surface area contributed by atoms with Gasteiger partial charge in [0.2, 0.25) is 0 Å². The second kappa shape index (κ2) is 5.87. The largest absolute Gasteiger partial charge is 0.311 e. The molecule has 1 atom stereocenters. The van der Waals surface area contributed by atoms with Gasteiger partial charge < -0.3 is 5.32 Å². The van der Waals surface area contributed by atoms with Gasteiger partial charge in [-0.15, -0.1) is 11.3 Å². The predicted octanol–water partition coefficient (Wildman–Crippen LogP) is 4.08. The number of halogens is 2. The smallest absolute Gasteiger partial charge is 0.126 e. The molecule has 0 spiro atoms. The van der Waals surface area contributed by atoms with Gasteiger partial charge in [0, 0.05) is 0 Å². The number of likely N-dealkylation sites (N-methyl/N-ethyl adjacent to an activating group) is 1. The molecule has 5 heteroatoms. The predicted molar refractivity (Wildman–Crippen MR) is 81.5 cm³/mol. The lowest BCUT2D eigenvalue weighted by Gasteiger charge is -2.14. The lowest BCUT2D eigenvalue weighted by atomic mass is 10.1. The molecular formula is C16H14F2N2S. The first-order chi connectivity index (χ1) is 10.2. The highest BCUT2D eigenvalue weighted by Crippen LogP contribution is 2.28. The first-order valence-corrected chi connectivity index (χ1v) is 7.45. The molecule has 1 N–H and O–H groups in total. The van der Waals surface area contributed by atoms with E-state index in [2.05, 4.69) is 10.3 Å². The summed E-state index contributed by atoms with van der Waals surface area (Å²) in [6.45, 7) is 0. The molecule has 0 fully saturated rings. The summed E-state index contributed by atoms with van der Waals surface area (Å²) >= 11 is 1.57. The number of rotatable bonds is 4. The van der Waals surface area contributed by atoms with Gasteiger partial charge in [-0.3, -0.25) is 0 Å². The maximum absolute atomic E-state index is 13.8. The first kappa shape index (κ1) is 14.1. The maximum Gasteiger partial charge on any atom is 0.126 e. The highest BCUT2D eigenvalue weighted by molar-refractivity contribution is 7.18. The third-order valence-electron chi connectivity index (χ3n) is 3.39. The average Bonchev–Trinajstić information content (AvgIpc) is 2.91. The van der Waals surface area contributed by atoms with Gasteiger partial charge in [-0.25, -0.2) is 13.8 Å². The molecule has 0 radical (unpaired) electrons. The minimum atomic E-state index is -0.425. The van der Waals surface area contributed by atoms with E-state index in [-0.39, 0.29) is 6.04 Å². The zero-order chi connectivity index (χ0) is 14.8. The first-order valence-electron chi connectivity index (χ1n) is 6.64. The van der Waals surface area contributed by atoms with Gasteiger partial charge in [0.25, 0.3) is 0 Å². The van der Waals surface area contributed by atoms with Crippen molar-refractivity contribution in [1.29, 1.82) is 0 Å². The van der Waals surface area contributed by atoms with Crippen LogP contribution in [0.2, 0.25) is 0 Å². The quantitative estimate of drug-likeness (QED) is 0.785. The molecule has 3 aromatic rings. The van der Waals surface area contributed by atoms with Gasteiger partial charge in [-0.2, -0.15) is 0 Å². The number of benzene rings is 2. The Morgan fingerprint density at radius 1 is 1.19 bits per heavy atom. The van der Waals surface area contributed by atoms with Crippen LogP contribution in [-0.4, -0.2) is 12.0 Å². The van der Waals surface area contributed by atoms with Crippen molar-refractivity contribution in [2.24, 2.45) is 0 Å². The summed E-state index contributed by atoms with van der Waals surface area (Å²) < 4.78 is 28.1. The zero-order valence-corrected chi connectivity index (χ0v) is 12.3. The van der Waals surface area contributed by atoms with Crippen LogP contribution in [0.5, 0.6) is 0 Å². The van der Waals surface area contributed by atoms with Crippen molar-refractivity contribution in [3.63, 3.8) is 0 Å². The topological polar surface area (TPSA) is 24.9 Å². The highest BCUT2D eigenvalue weighted by atomic mass is 32.1. The molecule has 0 saturated heterocycles. The summed E-state index contributed by atoms with van der Waals surface area (Å²) in [5.41, 5.74) is 1.28. The SMILES string of the molecule is CNC(Cc1cc(F)ccc1F)c1nc2ccccc2s1. The Bertz CT molecular complexity index is 737. The number of thiazole rings is 1. The molecule has 21 heavy (non-hydrogen) atoms. The molecule has 0 aliphatic rings. The lowest BCUT2D eigenvalue weighted by molar-refractivity contribution is 0.543. The molecule has 0 bridgehead atoms. The normalized spacial score (nSPS) is 12.7. The third kappa shape index (κ3) is 2.94. The molecule has 108 valence electrons. The van der Waals surface area contributed by atoms with Crippen LogP contribution in [-0.2, 0) is 6.42 Å². The van der Waals surface area contributed by atoms with E-state index in [1.807, 2.05) is 24.3 Å². The molecular weight excluding hydrogens is 290 g/mol. The molecule has 1 aromatic heterocycles. The number of aromatic nitrogens is 1. The van der Waals surface area contributed by atoms with Crippen molar-refractivity contribution in [2.75, 3.05) is 7.05 Å². The summed E-state index contributed by atoms with van der Waals surface area (Å²) in [7, 11) is 1.80. The Morgan fingerprint density at radius 2 is 2.00 bits per heavy atom. The van der Waals surface area contributed by atoms with Crippen LogP contribution < -0.4 is 5.32 Å². The second-order valence-corrected chi connectivity index (χ2v) is 5.86. The fourth-order valence-electron chi connectivity index (χ4n) is 2.27. The number of nitrogens with one attached hydrogen (secondary N) is 1. The van der Waals surface area contributed by atoms with Gasteiger partial charge >= 0.3 is 0 Å². The molecule has 3 rings (SSSR count). The van der Waals surface area contributed by atoms with Crippen molar-refractivity contribution in [2.45, 2.75) is 12.5 Å². The molecule has 1 heterocycles.